The van der Waals surface area contributed by atoms with Crippen LogP contribution in [0, 0.1) is 5.82 Å². The van der Waals surface area contributed by atoms with Crippen molar-refractivity contribution in [2.75, 3.05) is 6.61 Å². The predicted octanol–water partition coefficient (Wildman–Crippen LogP) is 0.465. The molecular weight excluding hydrogens is 185 g/mol. The number of hydrogen-bond donors (Lipinski definition) is 2. The first-order valence-corrected chi connectivity index (χ1v) is 4.22. The summed E-state index contributed by atoms with van der Waals surface area (Å²) in [6.07, 6.45) is 3.29. The molecule has 0 aromatic carbocycles. The molecule has 14 heavy (non-hydrogen) atoms. The maximum absolute atomic E-state index is 13.2. The molecule has 0 aliphatic heterocycles. The highest BCUT2D eigenvalue weighted by atomic mass is 19.1. The zero-order valence-corrected chi connectivity index (χ0v) is 7.39. The zero-order chi connectivity index (χ0) is 10.1. The fourth-order valence-electron chi connectivity index (χ4n) is 1.27. The van der Waals surface area contributed by atoms with Crippen LogP contribution >= 0.6 is 0 Å². The molecule has 2 aromatic heterocycles. The van der Waals surface area contributed by atoms with Gasteiger partial charge >= 0.3 is 0 Å². The first-order valence-electron chi connectivity index (χ1n) is 4.22. The van der Waals surface area contributed by atoms with E-state index in [2.05, 4.69) is 4.98 Å². The van der Waals surface area contributed by atoms with Gasteiger partial charge in [-0.05, 0) is 12.1 Å². The first-order chi connectivity index (χ1) is 6.72. The zero-order valence-electron chi connectivity index (χ0n) is 7.39. The lowest BCUT2D eigenvalue weighted by molar-refractivity contribution is 0.266. The van der Waals surface area contributed by atoms with Crippen LogP contribution in [0.2, 0.25) is 0 Å². The topological polar surface area (TPSA) is 63.5 Å². The van der Waals surface area contributed by atoms with Gasteiger partial charge in [-0.25, -0.2) is 9.37 Å². The molecule has 2 aromatic rings. The molecule has 0 radical (unpaired) electrons. The summed E-state index contributed by atoms with van der Waals surface area (Å²) < 4.78 is 14.7. The Hall–Kier alpha value is -1.46. The summed E-state index contributed by atoms with van der Waals surface area (Å²) in [5.74, 6) is -0.399. The summed E-state index contributed by atoms with van der Waals surface area (Å²) in [6, 6.07) is 2.35. The average Bonchev–Trinajstić information content (AvgIpc) is 2.62. The van der Waals surface area contributed by atoms with Crippen molar-refractivity contribution in [1.82, 2.24) is 9.38 Å². The SMILES string of the molecule is NC(CO)c1cn2cccc(F)c2n1. The third kappa shape index (κ3) is 1.36. The number of pyridine rings is 1. The quantitative estimate of drug-likeness (QED) is 0.732. The maximum atomic E-state index is 13.2. The van der Waals surface area contributed by atoms with Gasteiger partial charge in [-0.15, -0.1) is 0 Å². The Labute approximate surface area is 79.8 Å². The highest BCUT2D eigenvalue weighted by Crippen LogP contribution is 2.13. The fraction of sp³-hybridized carbons (Fsp3) is 0.222. The number of nitrogens with two attached hydrogens (primary N) is 1. The Morgan fingerprint density at radius 1 is 1.64 bits per heavy atom. The Morgan fingerprint density at radius 3 is 3.07 bits per heavy atom. The van der Waals surface area contributed by atoms with Crippen molar-refractivity contribution in [2.24, 2.45) is 5.73 Å². The molecule has 2 rings (SSSR count). The minimum absolute atomic E-state index is 0.203. The van der Waals surface area contributed by atoms with Gasteiger partial charge in [-0.1, -0.05) is 0 Å². The molecule has 0 saturated heterocycles. The van der Waals surface area contributed by atoms with Crippen LogP contribution in [0.15, 0.2) is 24.5 Å². The average molecular weight is 195 g/mol. The molecular formula is C9H10FN3O. The maximum Gasteiger partial charge on any atom is 0.173 e. The smallest absolute Gasteiger partial charge is 0.173 e. The predicted molar refractivity (Wildman–Crippen MR) is 49.2 cm³/mol. The number of aliphatic hydroxyl groups is 1. The minimum atomic E-state index is -0.561. The van der Waals surface area contributed by atoms with Crippen molar-refractivity contribution in [3.8, 4) is 0 Å². The largest absolute Gasteiger partial charge is 0.394 e. The second-order valence-electron chi connectivity index (χ2n) is 3.04. The first kappa shape index (κ1) is 9.11. The van der Waals surface area contributed by atoms with Crippen LogP contribution in [0.5, 0.6) is 0 Å². The van der Waals surface area contributed by atoms with Crippen LogP contribution in [-0.4, -0.2) is 21.1 Å². The van der Waals surface area contributed by atoms with Crippen LogP contribution in [0.3, 0.4) is 0 Å². The number of aromatic nitrogens is 2. The van der Waals surface area contributed by atoms with E-state index < -0.39 is 11.9 Å². The number of nitrogens with zero attached hydrogens (tertiary/aromatic N) is 2. The van der Waals surface area contributed by atoms with Gasteiger partial charge in [-0.3, -0.25) is 0 Å². The van der Waals surface area contributed by atoms with Gasteiger partial charge in [0.2, 0.25) is 0 Å². The van der Waals surface area contributed by atoms with Crippen molar-refractivity contribution in [3.05, 3.63) is 36.0 Å². The van der Waals surface area contributed by atoms with Gasteiger partial charge in [0, 0.05) is 12.4 Å². The number of aliphatic hydroxyl groups excluding tert-OH is 1. The molecule has 5 heteroatoms. The molecule has 0 spiro atoms. The fourth-order valence-corrected chi connectivity index (χ4v) is 1.27. The van der Waals surface area contributed by atoms with Crippen molar-refractivity contribution >= 4 is 5.65 Å². The lowest BCUT2D eigenvalue weighted by Gasteiger charge is -2.00. The van der Waals surface area contributed by atoms with Crippen LogP contribution in [0.1, 0.15) is 11.7 Å². The number of rotatable bonds is 2. The standard InChI is InChI=1S/C9H10FN3O/c10-6-2-1-3-13-4-8(7(11)5-14)12-9(6)13/h1-4,7,14H,5,11H2. The molecule has 3 N–H and O–H groups in total. The van der Waals surface area contributed by atoms with E-state index in [9.17, 15) is 4.39 Å². The van der Waals surface area contributed by atoms with Crippen LogP contribution in [0.25, 0.3) is 5.65 Å². The van der Waals surface area contributed by atoms with E-state index in [-0.39, 0.29) is 12.3 Å². The van der Waals surface area contributed by atoms with Crippen LogP contribution in [-0.2, 0) is 0 Å². The molecule has 0 amide bonds. The van der Waals surface area contributed by atoms with Gasteiger partial charge in [0.25, 0.3) is 0 Å². The van der Waals surface area contributed by atoms with E-state index >= 15 is 0 Å². The molecule has 4 nitrogen and oxygen atoms in total. The summed E-state index contributed by atoms with van der Waals surface area (Å²) in [7, 11) is 0. The van der Waals surface area contributed by atoms with Gasteiger partial charge in [-0.2, -0.15) is 0 Å². The highest BCUT2D eigenvalue weighted by Gasteiger charge is 2.10. The monoisotopic (exact) mass is 195 g/mol. The van der Waals surface area contributed by atoms with Crippen LogP contribution < -0.4 is 5.73 Å². The molecule has 0 fully saturated rings. The summed E-state index contributed by atoms with van der Waals surface area (Å²) in [6.45, 7) is -0.203. The summed E-state index contributed by atoms with van der Waals surface area (Å²) >= 11 is 0. The van der Waals surface area contributed by atoms with Crippen molar-refractivity contribution in [1.29, 1.82) is 0 Å². The van der Waals surface area contributed by atoms with Crippen molar-refractivity contribution in [3.63, 3.8) is 0 Å². The number of hydrogen-bond acceptors (Lipinski definition) is 3. The number of fused-ring (bicyclic) bond motifs is 1. The second kappa shape index (κ2) is 3.36. The lowest BCUT2D eigenvalue weighted by Crippen LogP contribution is -2.14. The van der Waals surface area contributed by atoms with E-state index in [1.54, 1.807) is 22.9 Å². The molecule has 0 bridgehead atoms. The van der Waals surface area contributed by atoms with Gasteiger partial charge in [0.15, 0.2) is 11.5 Å². The molecule has 1 atom stereocenters. The summed E-state index contributed by atoms with van der Waals surface area (Å²) in [4.78, 5) is 3.99. The highest BCUT2D eigenvalue weighted by molar-refractivity contribution is 5.41. The number of halogens is 1. The Morgan fingerprint density at radius 2 is 2.43 bits per heavy atom. The van der Waals surface area contributed by atoms with E-state index in [0.29, 0.717) is 5.69 Å². The van der Waals surface area contributed by atoms with Crippen molar-refractivity contribution in [2.45, 2.75) is 6.04 Å². The third-order valence-electron chi connectivity index (χ3n) is 2.03. The van der Waals surface area contributed by atoms with Gasteiger partial charge in [0.1, 0.15) is 0 Å². The number of imidazole rings is 1. The van der Waals surface area contributed by atoms with E-state index in [4.69, 9.17) is 10.8 Å². The third-order valence-corrected chi connectivity index (χ3v) is 2.03. The summed E-state index contributed by atoms with van der Waals surface area (Å²) in [5.41, 5.74) is 6.27. The molecule has 74 valence electrons. The van der Waals surface area contributed by atoms with Gasteiger partial charge in [0.05, 0.1) is 18.3 Å². The van der Waals surface area contributed by atoms with Crippen molar-refractivity contribution < 1.29 is 9.50 Å². The van der Waals surface area contributed by atoms with Gasteiger partial charge < -0.3 is 15.2 Å². The summed E-state index contributed by atoms with van der Waals surface area (Å²) in [5, 5.41) is 8.81. The molecule has 0 saturated carbocycles. The Bertz CT molecular complexity index is 454. The Balaban J connectivity index is 2.56. The van der Waals surface area contributed by atoms with E-state index in [1.807, 2.05) is 0 Å². The minimum Gasteiger partial charge on any atom is -0.394 e. The molecule has 0 aliphatic rings. The Kier molecular flexibility index (Phi) is 2.18. The normalized spacial score (nSPS) is 13.4. The molecule has 2 heterocycles. The van der Waals surface area contributed by atoms with E-state index in [1.165, 1.54) is 6.07 Å². The second-order valence-corrected chi connectivity index (χ2v) is 3.04. The van der Waals surface area contributed by atoms with E-state index in [0.717, 1.165) is 0 Å². The lowest BCUT2D eigenvalue weighted by atomic mass is 10.2. The van der Waals surface area contributed by atoms with Crippen LogP contribution in [0.4, 0.5) is 4.39 Å². The molecule has 1 unspecified atom stereocenters. The molecule has 0 aliphatic carbocycles.